The second-order valence-electron chi connectivity index (χ2n) is 9.26. The van der Waals surface area contributed by atoms with E-state index in [1.807, 2.05) is 0 Å². The average Bonchev–Trinajstić information content (AvgIpc) is 3.18. The lowest BCUT2D eigenvalue weighted by atomic mass is 10.0. The summed E-state index contributed by atoms with van der Waals surface area (Å²) >= 11 is 0. The minimum absolute atomic E-state index is 0.0673. The highest BCUT2D eigenvalue weighted by atomic mass is 16.6. The number of carboxylic acid groups (broad SMARTS) is 1. The number of carbonyl (C=O) groups is 5. The summed E-state index contributed by atoms with van der Waals surface area (Å²) in [6.45, 7) is 3.89. The van der Waals surface area contributed by atoms with Gasteiger partial charge in [0.2, 0.25) is 11.8 Å². The van der Waals surface area contributed by atoms with Gasteiger partial charge in [-0.3, -0.25) is 34.2 Å². The minimum Gasteiger partial charge on any atom is -0.481 e. The van der Waals surface area contributed by atoms with Gasteiger partial charge in [-0.05, 0) is 31.4 Å². The average molecular weight is 564 g/mol. The number of rotatable bonds is 20. The number of imide groups is 2. The Morgan fingerprint density at radius 2 is 1.52 bits per heavy atom. The molecule has 0 bridgehead atoms. The van der Waals surface area contributed by atoms with Crippen molar-refractivity contribution in [3.63, 3.8) is 0 Å². The quantitative estimate of drug-likeness (QED) is 0.154. The molecule has 40 heavy (non-hydrogen) atoms. The summed E-state index contributed by atoms with van der Waals surface area (Å²) in [5.74, 6) is -2.94. The standard InChI is InChI=1S/C27H37N3O10/c31-22-9-8-21(25(34)29-22)30-26(35)19-5-4-6-20(24(19)27(30)36)28-10-12-38-14-16-40-18-17-39-15-13-37-11-3-1-2-7-23(32)33/h4-6,21,28H,1-3,7-18H2,(H,32,33)(H,29,31,34). The molecule has 1 atom stereocenters. The van der Waals surface area contributed by atoms with Gasteiger partial charge in [-0.15, -0.1) is 0 Å². The number of fused-ring (bicyclic) bond motifs is 1. The smallest absolute Gasteiger partial charge is 0.303 e. The number of ether oxygens (including phenoxy) is 4. The van der Waals surface area contributed by atoms with Crippen molar-refractivity contribution in [2.45, 2.75) is 44.6 Å². The van der Waals surface area contributed by atoms with E-state index in [0.29, 0.717) is 71.5 Å². The number of carboxylic acids is 1. The van der Waals surface area contributed by atoms with Crippen LogP contribution in [0.4, 0.5) is 5.69 Å². The fraction of sp³-hybridized carbons (Fsp3) is 0.593. The lowest BCUT2D eigenvalue weighted by molar-refractivity contribution is -0.138. The number of hydrogen-bond acceptors (Lipinski definition) is 10. The Hall–Kier alpha value is -3.39. The highest BCUT2D eigenvalue weighted by Gasteiger charge is 2.45. The van der Waals surface area contributed by atoms with Crippen LogP contribution >= 0.6 is 0 Å². The minimum atomic E-state index is -1.01. The summed E-state index contributed by atoms with van der Waals surface area (Å²) in [5.41, 5.74) is 0.905. The van der Waals surface area contributed by atoms with Gasteiger partial charge < -0.3 is 29.4 Å². The van der Waals surface area contributed by atoms with Crippen molar-refractivity contribution in [1.82, 2.24) is 10.2 Å². The number of anilines is 1. The van der Waals surface area contributed by atoms with Gasteiger partial charge in [0.1, 0.15) is 6.04 Å². The molecule has 2 aliphatic heterocycles. The van der Waals surface area contributed by atoms with E-state index in [4.69, 9.17) is 24.1 Å². The van der Waals surface area contributed by atoms with Gasteiger partial charge in [-0.2, -0.15) is 0 Å². The fourth-order valence-corrected chi connectivity index (χ4v) is 4.34. The molecule has 1 unspecified atom stereocenters. The largest absolute Gasteiger partial charge is 0.481 e. The summed E-state index contributed by atoms with van der Waals surface area (Å²) < 4.78 is 21.9. The van der Waals surface area contributed by atoms with E-state index < -0.39 is 35.6 Å². The SMILES string of the molecule is O=C(O)CCCCCOCCOCCOCCOCCNc1cccc2c1C(=O)N(C1CCC(=O)NC1=O)C2=O. The normalized spacial score (nSPS) is 16.8. The molecule has 13 heteroatoms. The molecule has 2 heterocycles. The van der Waals surface area contributed by atoms with Crippen molar-refractivity contribution in [2.75, 3.05) is 64.7 Å². The molecule has 220 valence electrons. The van der Waals surface area contributed by atoms with E-state index in [9.17, 15) is 24.0 Å². The molecule has 0 saturated carbocycles. The zero-order valence-electron chi connectivity index (χ0n) is 22.5. The van der Waals surface area contributed by atoms with E-state index in [1.54, 1.807) is 18.2 Å². The van der Waals surface area contributed by atoms with Crippen molar-refractivity contribution in [3.8, 4) is 0 Å². The summed E-state index contributed by atoms with van der Waals surface area (Å²) in [6.07, 6.45) is 2.70. The van der Waals surface area contributed by atoms with Gasteiger partial charge in [-0.1, -0.05) is 12.5 Å². The summed E-state index contributed by atoms with van der Waals surface area (Å²) in [7, 11) is 0. The maximum Gasteiger partial charge on any atom is 0.303 e. The number of unbranched alkanes of at least 4 members (excludes halogenated alkanes) is 2. The van der Waals surface area contributed by atoms with Crippen LogP contribution in [0.2, 0.25) is 0 Å². The van der Waals surface area contributed by atoms with Crippen molar-refractivity contribution >= 4 is 35.3 Å². The molecule has 2 aliphatic rings. The molecule has 13 nitrogen and oxygen atoms in total. The van der Waals surface area contributed by atoms with Gasteiger partial charge >= 0.3 is 5.97 Å². The van der Waals surface area contributed by atoms with Gasteiger partial charge in [-0.25, -0.2) is 0 Å². The van der Waals surface area contributed by atoms with Gasteiger partial charge in [0.05, 0.1) is 57.4 Å². The van der Waals surface area contributed by atoms with E-state index in [-0.39, 0.29) is 30.4 Å². The fourth-order valence-electron chi connectivity index (χ4n) is 4.34. The molecule has 0 aliphatic carbocycles. The monoisotopic (exact) mass is 563 g/mol. The first-order valence-electron chi connectivity index (χ1n) is 13.5. The molecule has 4 amide bonds. The van der Waals surface area contributed by atoms with E-state index in [2.05, 4.69) is 10.6 Å². The number of nitrogens with one attached hydrogen (secondary N) is 2. The van der Waals surface area contributed by atoms with Crippen molar-refractivity contribution in [2.24, 2.45) is 0 Å². The molecule has 0 aromatic heterocycles. The second kappa shape index (κ2) is 16.7. The van der Waals surface area contributed by atoms with Crippen LogP contribution in [0.3, 0.4) is 0 Å². The maximum absolute atomic E-state index is 13.1. The Balaban J connectivity index is 1.22. The van der Waals surface area contributed by atoms with Crippen LogP contribution in [0.5, 0.6) is 0 Å². The number of nitrogens with zero attached hydrogens (tertiary/aromatic N) is 1. The number of aliphatic carboxylic acids is 1. The highest BCUT2D eigenvalue weighted by Crippen LogP contribution is 2.32. The third kappa shape index (κ3) is 9.37. The second-order valence-corrected chi connectivity index (χ2v) is 9.26. The predicted molar refractivity (Wildman–Crippen MR) is 141 cm³/mol. The van der Waals surface area contributed by atoms with E-state index in [0.717, 1.165) is 17.7 Å². The Morgan fingerprint density at radius 3 is 2.17 bits per heavy atom. The van der Waals surface area contributed by atoms with Gasteiger partial charge in [0.25, 0.3) is 11.8 Å². The molecule has 0 radical (unpaired) electrons. The summed E-state index contributed by atoms with van der Waals surface area (Å²) in [5, 5.41) is 13.9. The lowest BCUT2D eigenvalue weighted by Crippen LogP contribution is -2.54. The third-order valence-corrected chi connectivity index (χ3v) is 6.33. The van der Waals surface area contributed by atoms with Crippen LogP contribution in [0.1, 0.15) is 59.2 Å². The molecule has 3 rings (SSSR count). The van der Waals surface area contributed by atoms with E-state index >= 15 is 0 Å². The molecular weight excluding hydrogens is 526 g/mol. The topological polar surface area (TPSA) is 170 Å². The molecule has 0 spiro atoms. The summed E-state index contributed by atoms with van der Waals surface area (Å²) in [4.78, 5) is 61.0. The first kappa shape index (κ1) is 31.1. The van der Waals surface area contributed by atoms with Crippen LogP contribution in [-0.4, -0.2) is 105 Å². The molecule has 1 fully saturated rings. The number of hydrogen-bond donors (Lipinski definition) is 3. The van der Waals surface area contributed by atoms with Gasteiger partial charge in [0, 0.05) is 31.7 Å². The van der Waals surface area contributed by atoms with Gasteiger partial charge in [0.15, 0.2) is 0 Å². The maximum atomic E-state index is 13.1. The Morgan fingerprint density at radius 1 is 0.875 bits per heavy atom. The number of amides is 4. The molecular formula is C27H37N3O10. The third-order valence-electron chi connectivity index (χ3n) is 6.33. The zero-order valence-corrected chi connectivity index (χ0v) is 22.5. The highest BCUT2D eigenvalue weighted by molar-refractivity contribution is 6.25. The van der Waals surface area contributed by atoms with Crippen molar-refractivity contribution in [1.29, 1.82) is 0 Å². The van der Waals surface area contributed by atoms with Crippen LogP contribution in [0.25, 0.3) is 0 Å². The number of benzene rings is 1. The molecule has 1 saturated heterocycles. The Kier molecular flexibility index (Phi) is 13.0. The van der Waals surface area contributed by atoms with E-state index in [1.165, 1.54) is 0 Å². The lowest BCUT2D eigenvalue weighted by Gasteiger charge is -2.27. The molecule has 3 N–H and O–H groups in total. The number of carbonyl (C=O) groups excluding carboxylic acids is 4. The zero-order chi connectivity index (χ0) is 28.7. The van der Waals surface area contributed by atoms with Crippen LogP contribution < -0.4 is 10.6 Å². The predicted octanol–water partition coefficient (Wildman–Crippen LogP) is 1.21. The van der Waals surface area contributed by atoms with Crippen molar-refractivity contribution < 1.29 is 48.0 Å². The molecule has 1 aromatic carbocycles. The van der Waals surface area contributed by atoms with Crippen molar-refractivity contribution in [3.05, 3.63) is 29.3 Å². The Labute approximate surface area is 232 Å². The molecule has 1 aromatic rings. The first-order chi connectivity index (χ1) is 19.4. The van der Waals surface area contributed by atoms with Crippen LogP contribution in [-0.2, 0) is 33.3 Å². The first-order valence-corrected chi connectivity index (χ1v) is 13.5. The van der Waals surface area contributed by atoms with Crippen LogP contribution in [0, 0.1) is 0 Å². The summed E-state index contributed by atoms with van der Waals surface area (Å²) in [6, 6.07) is 3.89. The number of piperidine rings is 1. The Bertz CT molecular complexity index is 1050. The van der Waals surface area contributed by atoms with Crippen LogP contribution in [0.15, 0.2) is 18.2 Å².